The zero-order valence-electron chi connectivity index (χ0n) is 9.81. The summed E-state index contributed by atoms with van der Waals surface area (Å²) in [6, 6.07) is 3.73. The third-order valence-electron chi connectivity index (χ3n) is 2.86. The van der Waals surface area contributed by atoms with Gasteiger partial charge in [-0.25, -0.2) is 0 Å². The Morgan fingerprint density at radius 1 is 1.56 bits per heavy atom. The topological polar surface area (TPSA) is 45.5 Å². The molecule has 0 saturated carbocycles. The summed E-state index contributed by atoms with van der Waals surface area (Å²) in [5.74, 6) is 0.0185. The summed E-state index contributed by atoms with van der Waals surface area (Å²) in [7, 11) is 0. The van der Waals surface area contributed by atoms with Gasteiger partial charge in [-0.3, -0.25) is 4.79 Å². The van der Waals surface area contributed by atoms with Gasteiger partial charge in [-0.05, 0) is 25.5 Å². The smallest absolute Gasteiger partial charge is 0.270 e. The van der Waals surface area contributed by atoms with E-state index < -0.39 is 5.60 Å². The summed E-state index contributed by atoms with van der Waals surface area (Å²) < 4.78 is 1.97. The number of aliphatic hydroxyl groups is 1. The Morgan fingerprint density at radius 2 is 2.25 bits per heavy atom. The van der Waals surface area contributed by atoms with Gasteiger partial charge in [-0.1, -0.05) is 6.92 Å². The summed E-state index contributed by atoms with van der Waals surface area (Å²) >= 11 is 0. The molecule has 0 bridgehead atoms. The Morgan fingerprint density at radius 3 is 2.81 bits per heavy atom. The molecule has 1 aliphatic rings. The molecule has 4 heteroatoms. The van der Waals surface area contributed by atoms with Crippen LogP contribution in [0.25, 0.3) is 0 Å². The highest BCUT2D eigenvalue weighted by Gasteiger charge is 2.40. The van der Waals surface area contributed by atoms with Gasteiger partial charge in [0.2, 0.25) is 0 Å². The molecule has 1 N–H and O–H groups in total. The second kappa shape index (κ2) is 3.94. The number of aryl methyl sites for hydroxylation is 1. The van der Waals surface area contributed by atoms with Crippen molar-refractivity contribution in [1.82, 2.24) is 9.47 Å². The highest BCUT2D eigenvalue weighted by atomic mass is 16.3. The third kappa shape index (κ3) is 1.97. The summed E-state index contributed by atoms with van der Waals surface area (Å²) in [4.78, 5) is 13.7. The lowest BCUT2D eigenvalue weighted by atomic mass is 9.96. The first-order chi connectivity index (χ1) is 7.53. The standard InChI is InChI=1S/C12H18N2O2/c1-3-6-13-7-4-5-10(13)11(15)14-8-12(2,16)9-14/h4-5,7,16H,3,6,8-9H2,1-2H3. The van der Waals surface area contributed by atoms with Gasteiger partial charge in [-0.15, -0.1) is 0 Å². The van der Waals surface area contributed by atoms with Crippen LogP contribution in [0.15, 0.2) is 18.3 Å². The average molecular weight is 222 g/mol. The highest BCUT2D eigenvalue weighted by Crippen LogP contribution is 2.22. The molecule has 0 spiro atoms. The largest absolute Gasteiger partial charge is 0.386 e. The minimum Gasteiger partial charge on any atom is -0.386 e. The van der Waals surface area contributed by atoms with E-state index in [2.05, 4.69) is 6.92 Å². The maximum absolute atomic E-state index is 12.1. The molecule has 0 atom stereocenters. The van der Waals surface area contributed by atoms with Crippen molar-refractivity contribution in [1.29, 1.82) is 0 Å². The van der Waals surface area contributed by atoms with Gasteiger partial charge in [0.25, 0.3) is 5.91 Å². The predicted octanol–water partition coefficient (Wildman–Crippen LogP) is 1.10. The number of β-amino-alcohol motifs (C(OH)–C–C–N with tert-alkyl or cyclic N) is 1. The van der Waals surface area contributed by atoms with Crippen LogP contribution in [0, 0.1) is 0 Å². The second-order valence-corrected chi connectivity index (χ2v) is 4.74. The SMILES string of the molecule is CCCn1cccc1C(=O)N1CC(C)(O)C1. The number of rotatable bonds is 3. The van der Waals surface area contributed by atoms with Crippen molar-refractivity contribution in [3.8, 4) is 0 Å². The Labute approximate surface area is 95.5 Å². The first-order valence-corrected chi connectivity index (χ1v) is 5.70. The van der Waals surface area contributed by atoms with Crippen LogP contribution in [0.4, 0.5) is 0 Å². The van der Waals surface area contributed by atoms with E-state index in [-0.39, 0.29) is 5.91 Å². The van der Waals surface area contributed by atoms with E-state index in [4.69, 9.17) is 0 Å². The molecular weight excluding hydrogens is 204 g/mol. The molecule has 2 heterocycles. The van der Waals surface area contributed by atoms with Gasteiger partial charge >= 0.3 is 0 Å². The molecule has 0 aliphatic carbocycles. The number of hydrogen-bond acceptors (Lipinski definition) is 2. The van der Waals surface area contributed by atoms with Crippen LogP contribution in [-0.4, -0.2) is 39.2 Å². The van der Waals surface area contributed by atoms with E-state index in [0.29, 0.717) is 13.1 Å². The molecule has 0 aromatic carbocycles. The summed E-state index contributed by atoms with van der Waals surface area (Å²) in [6.45, 7) is 5.56. The van der Waals surface area contributed by atoms with Gasteiger partial charge in [0.15, 0.2) is 0 Å². The lowest BCUT2D eigenvalue weighted by molar-refractivity contribution is -0.0672. The maximum atomic E-state index is 12.1. The van der Waals surface area contributed by atoms with Crippen LogP contribution in [0.3, 0.4) is 0 Å². The van der Waals surface area contributed by atoms with Gasteiger partial charge in [-0.2, -0.15) is 0 Å². The predicted molar refractivity (Wildman–Crippen MR) is 61.3 cm³/mol. The van der Waals surface area contributed by atoms with Gasteiger partial charge in [0, 0.05) is 12.7 Å². The normalized spacial score (nSPS) is 18.3. The van der Waals surface area contributed by atoms with Crippen LogP contribution in [0.1, 0.15) is 30.8 Å². The third-order valence-corrected chi connectivity index (χ3v) is 2.86. The second-order valence-electron chi connectivity index (χ2n) is 4.74. The van der Waals surface area contributed by atoms with Crippen LogP contribution in [-0.2, 0) is 6.54 Å². The van der Waals surface area contributed by atoms with Crippen LogP contribution in [0.5, 0.6) is 0 Å². The van der Waals surface area contributed by atoms with Crippen molar-refractivity contribution in [2.75, 3.05) is 13.1 Å². The molecule has 1 aromatic rings. The van der Waals surface area contributed by atoms with E-state index in [9.17, 15) is 9.90 Å². The van der Waals surface area contributed by atoms with Crippen LogP contribution >= 0.6 is 0 Å². The van der Waals surface area contributed by atoms with Crippen molar-refractivity contribution < 1.29 is 9.90 Å². The summed E-state index contributed by atoms with van der Waals surface area (Å²) in [6.07, 6.45) is 2.93. The number of nitrogens with zero attached hydrogens (tertiary/aromatic N) is 2. The first kappa shape index (κ1) is 11.2. The van der Waals surface area contributed by atoms with E-state index >= 15 is 0 Å². The zero-order chi connectivity index (χ0) is 11.8. The van der Waals surface area contributed by atoms with Crippen molar-refractivity contribution in [2.24, 2.45) is 0 Å². The summed E-state index contributed by atoms with van der Waals surface area (Å²) in [5.41, 5.74) is 0.0232. The van der Waals surface area contributed by atoms with E-state index in [1.165, 1.54) is 0 Å². The summed E-state index contributed by atoms with van der Waals surface area (Å²) in [5, 5.41) is 9.60. The van der Waals surface area contributed by atoms with Crippen LogP contribution in [0.2, 0.25) is 0 Å². The Bertz CT molecular complexity index is 387. The van der Waals surface area contributed by atoms with E-state index in [0.717, 1.165) is 18.7 Å². The number of carbonyl (C=O) groups is 1. The molecule has 1 amide bonds. The number of hydrogen-bond donors (Lipinski definition) is 1. The number of likely N-dealkylation sites (tertiary alicyclic amines) is 1. The van der Waals surface area contributed by atoms with Crippen molar-refractivity contribution >= 4 is 5.91 Å². The minimum atomic E-state index is -0.697. The molecule has 4 nitrogen and oxygen atoms in total. The van der Waals surface area contributed by atoms with Crippen LogP contribution < -0.4 is 0 Å². The van der Waals surface area contributed by atoms with E-state index in [1.807, 2.05) is 22.9 Å². The molecule has 88 valence electrons. The highest BCUT2D eigenvalue weighted by molar-refractivity contribution is 5.93. The quantitative estimate of drug-likeness (QED) is 0.832. The van der Waals surface area contributed by atoms with Gasteiger partial charge < -0.3 is 14.6 Å². The van der Waals surface area contributed by atoms with Gasteiger partial charge in [0.05, 0.1) is 18.7 Å². The molecular formula is C12H18N2O2. The van der Waals surface area contributed by atoms with Crippen molar-refractivity contribution in [3.05, 3.63) is 24.0 Å². The Kier molecular flexibility index (Phi) is 2.76. The number of amides is 1. The fourth-order valence-corrected chi connectivity index (χ4v) is 2.13. The zero-order valence-corrected chi connectivity index (χ0v) is 9.81. The molecule has 1 saturated heterocycles. The first-order valence-electron chi connectivity index (χ1n) is 5.70. The fraction of sp³-hybridized carbons (Fsp3) is 0.583. The van der Waals surface area contributed by atoms with Crippen molar-refractivity contribution in [3.63, 3.8) is 0 Å². The monoisotopic (exact) mass is 222 g/mol. The molecule has 0 unspecified atom stereocenters. The molecule has 1 aromatic heterocycles. The Balaban J connectivity index is 2.07. The molecule has 16 heavy (non-hydrogen) atoms. The molecule has 2 rings (SSSR count). The molecule has 1 aliphatic heterocycles. The fourth-order valence-electron chi connectivity index (χ4n) is 2.13. The Hall–Kier alpha value is -1.29. The number of carbonyl (C=O) groups excluding carboxylic acids is 1. The maximum Gasteiger partial charge on any atom is 0.270 e. The van der Waals surface area contributed by atoms with Crippen molar-refractivity contribution in [2.45, 2.75) is 32.4 Å². The van der Waals surface area contributed by atoms with Gasteiger partial charge in [0.1, 0.15) is 5.69 Å². The lowest BCUT2D eigenvalue weighted by Gasteiger charge is -2.44. The van der Waals surface area contributed by atoms with E-state index in [1.54, 1.807) is 11.8 Å². The number of aromatic nitrogens is 1. The minimum absolute atomic E-state index is 0.0185. The molecule has 1 fully saturated rings. The average Bonchev–Trinajstić information content (AvgIpc) is 2.62. The lowest BCUT2D eigenvalue weighted by Crippen LogP contribution is -2.61. The molecule has 0 radical (unpaired) electrons.